The number of halogens is 1. The first-order valence-corrected chi connectivity index (χ1v) is 8.95. The minimum absolute atomic E-state index is 0.0153. The van der Waals surface area contributed by atoms with E-state index in [1.807, 2.05) is 0 Å². The smallest absolute Gasteiger partial charge is 0.307 e. The Morgan fingerprint density at radius 2 is 1.91 bits per heavy atom. The predicted octanol–water partition coefficient (Wildman–Crippen LogP) is 1.32. The lowest BCUT2D eigenvalue weighted by Crippen LogP contribution is -2.30. The van der Waals surface area contributed by atoms with Crippen LogP contribution < -0.4 is 9.47 Å². The van der Waals surface area contributed by atoms with Crippen LogP contribution in [0.1, 0.15) is 6.42 Å². The molecule has 9 heteroatoms. The van der Waals surface area contributed by atoms with Crippen LogP contribution in [0.5, 0.6) is 11.5 Å². The van der Waals surface area contributed by atoms with E-state index < -0.39 is 21.9 Å². The number of ether oxygens (including phenoxy) is 2. The van der Waals surface area contributed by atoms with E-state index in [1.54, 1.807) is 6.07 Å². The molecule has 0 radical (unpaired) electrons. The molecule has 0 aliphatic carbocycles. The molecule has 2 aliphatic rings. The second-order valence-corrected chi connectivity index (χ2v) is 7.87. The fourth-order valence-corrected chi connectivity index (χ4v) is 5.03. The lowest BCUT2D eigenvalue weighted by Gasteiger charge is -2.22. The van der Waals surface area contributed by atoms with Gasteiger partial charge in [0.1, 0.15) is 18.1 Å². The van der Waals surface area contributed by atoms with Crippen molar-refractivity contribution in [2.45, 2.75) is 11.3 Å². The first kappa shape index (κ1) is 15.6. The molecule has 2 aliphatic heterocycles. The molecule has 1 fully saturated rings. The van der Waals surface area contributed by atoms with Crippen molar-refractivity contribution in [3.63, 3.8) is 0 Å². The first-order valence-electron chi connectivity index (χ1n) is 6.71. The molecule has 0 spiro atoms. The normalized spacial score (nSPS) is 21.8. The molecule has 22 heavy (non-hydrogen) atoms. The molecule has 0 amide bonds. The van der Waals surface area contributed by atoms with Crippen LogP contribution in [0.25, 0.3) is 0 Å². The van der Waals surface area contributed by atoms with E-state index in [9.17, 15) is 13.2 Å². The summed E-state index contributed by atoms with van der Waals surface area (Å²) in [4.78, 5) is 11.1. The molecule has 7 nitrogen and oxygen atoms in total. The molecule has 1 saturated heterocycles. The van der Waals surface area contributed by atoms with Gasteiger partial charge in [-0.1, -0.05) is 0 Å². The fraction of sp³-hybridized carbons (Fsp3) is 0.462. The summed E-state index contributed by atoms with van der Waals surface area (Å²) in [5.41, 5.74) is 0. The summed E-state index contributed by atoms with van der Waals surface area (Å²) in [6, 6.07) is 2.98. The standard InChI is InChI=1S/C13H14BrNO6S/c14-9-5-10-11(21-4-3-20-10)6-12(9)22(18,19)15-2-1-8(7-15)13(16)17/h5-6,8H,1-4,7H2,(H,16,17). The number of rotatable bonds is 3. The van der Waals surface area contributed by atoms with Crippen molar-refractivity contribution in [3.05, 3.63) is 16.6 Å². The van der Waals surface area contributed by atoms with Crippen LogP contribution in [-0.2, 0) is 14.8 Å². The van der Waals surface area contributed by atoms with Crippen molar-refractivity contribution >= 4 is 31.9 Å². The molecule has 0 bridgehead atoms. The Hall–Kier alpha value is -1.32. The Labute approximate surface area is 136 Å². The number of sulfonamides is 1. The number of benzene rings is 1. The Morgan fingerprint density at radius 1 is 1.27 bits per heavy atom. The third-order valence-electron chi connectivity index (χ3n) is 3.71. The number of carboxylic acid groups (broad SMARTS) is 1. The molecule has 120 valence electrons. The van der Waals surface area contributed by atoms with Gasteiger partial charge in [0.15, 0.2) is 11.5 Å². The largest absolute Gasteiger partial charge is 0.486 e. The van der Waals surface area contributed by atoms with Gasteiger partial charge in [-0.15, -0.1) is 0 Å². The maximum absolute atomic E-state index is 12.7. The van der Waals surface area contributed by atoms with E-state index in [0.29, 0.717) is 35.6 Å². The Bertz CT molecular complexity index is 719. The van der Waals surface area contributed by atoms with Crippen LogP contribution in [0.15, 0.2) is 21.5 Å². The predicted molar refractivity (Wildman–Crippen MR) is 79.6 cm³/mol. The highest BCUT2D eigenvalue weighted by atomic mass is 79.9. The molecule has 0 saturated carbocycles. The quantitative estimate of drug-likeness (QED) is 0.834. The highest BCUT2D eigenvalue weighted by Gasteiger charge is 2.37. The molecule has 1 unspecified atom stereocenters. The number of nitrogens with zero attached hydrogens (tertiary/aromatic N) is 1. The minimum Gasteiger partial charge on any atom is -0.486 e. The number of carbonyl (C=O) groups is 1. The second-order valence-electron chi connectivity index (χ2n) is 5.11. The lowest BCUT2D eigenvalue weighted by molar-refractivity contribution is -0.141. The van der Waals surface area contributed by atoms with Crippen molar-refractivity contribution in [2.75, 3.05) is 26.3 Å². The van der Waals surface area contributed by atoms with Gasteiger partial charge in [-0.05, 0) is 28.4 Å². The number of hydrogen-bond donors (Lipinski definition) is 1. The molecule has 1 aromatic carbocycles. The van der Waals surface area contributed by atoms with E-state index in [-0.39, 0.29) is 18.0 Å². The molecular formula is C13H14BrNO6S. The highest BCUT2D eigenvalue weighted by molar-refractivity contribution is 9.10. The number of carboxylic acids is 1. The number of hydrogen-bond acceptors (Lipinski definition) is 5. The van der Waals surface area contributed by atoms with E-state index in [4.69, 9.17) is 14.6 Å². The van der Waals surface area contributed by atoms with Gasteiger partial charge in [0.25, 0.3) is 0 Å². The zero-order valence-electron chi connectivity index (χ0n) is 11.5. The highest BCUT2D eigenvalue weighted by Crippen LogP contribution is 2.39. The summed E-state index contributed by atoms with van der Waals surface area (Å²) in [6.07, 6.45) is 0.316. The van der Waals surface area contributed by atoms with Gasteiger partial charge < -0.3 is 14.6 Å². The van der Waals surface area contributed by atoms with Gasteiger partial charge in [0, 0.05) is 23.6 Å². The third-order valence-corrected chi connectivity index (χ3v) is 6.54. The maximum atomic E-state index is 12.7. The van der Waals surface area contributed by atoms with Gasteiger partial charge in [-0.3, -0.25) is 4.79 Å². The molecular weight excluding hydrogens is 378 g/mol. The number of fused-ring (bicyclic) bond motifs is 1. The second kappa shape index (κ2) is 5.71. The van der Waals surface area contributed by atoms with Crippen molar-refractivity contribution in [3.8, 4) is 11.5 Å². The van der Waals surface area contributed by atoms with Gasteiger partial charge in [0.2, 0.25) is 10.0 Å². The lowest BCUT2D eigenvalue weighted by atomic mass is 10.1. The zero-order chi connectivity index (χ0) is 15.9. The maximum Gasteiger partial charge on any atom is 0.307 e. The summed E-state index contributed by atoms with van der Waals surface area (Å²) in [6.45, 7) is 0.954. The van der Waals surface area contributed by atoms with Crippen LogP contribution in [0.4, 0.5) is 0 Å². The number of aliphatic carboxylic acids is 1. The van der Waals surface area contributed by atoms with Gasteiger partial charge >= 0.3 is 5.97 Å². The summed E-state index contributed by atoms with van der Waals surface area (Å²) < 4.78 is 37.8. The molecule has 2 heterocycles. The van der Waals surface area contributed by atoms with E-state index in [0.717, 1.165) is 0 Å². The van der Waals surface area contributed by atoms with E-state index in [1.165, 1.54) is 10.4 Å². The Morgan fingerprint density at radius 3 is 2.50 bits per heavy atom. The van der Waals surface area contributed by atoms with Crippen molar-refractivity contribution < 1.29 is 27.8 Å². The molecule has 1 N–H and O–H groups in total. The summed E-state index contributed by atoms with van der Waals surface area (Å²) in [5, 5.41) is 9.01. The van der Waals surface area contributed by atoms with Crippen molar-refractivity contribution in [1.29, 1.82) is 0 Å². The Kier molecular flexibility index (Phi) is 4.04. The minimum atomic E-state index is -3.78. The average Bonchev–Trinajstić information content (AvgIpc) is 2.97. The van der Waals surface area contributed by atoms with Gasteiger partial charge in [-0.25, -0.2) is 8.42 Å². The van der Waals surface area contributed by atoms with E-state index >= 15 is 0 Å². The molecule has 1 aromatic rings. The van der Waals surface area contributed by atoms with Crippen LogP contribution in [0, 0.1) is 5.92 Å². The van der Waals surface area contributed by atoms with Gasteiger partial charge in [-0.2, -0.15) is 4.31 Å². The van der Waals surface area contributed by atoms with Crippen LogP contribution in [0.2, 0.25) is 0 Å². The topological polar surface area (TPSA) is 93.1 Å². The van der Waals surface area contributed by atoms with Gasteiger partial charge in [0.05, 0.1) is 5.92 Å². The van der Waals surface area contributed by atoms with Crippen LogP contribution >= 0.6 is 15.9 Å². The summed E-state index contributed by atoms with van der Waals surface area (Å²) in [7, 11) is -3.78. The summed E-state index contributed by atoms with van der Waals surface area (Å²) in [5.74, 6) is -0.770. The summed E-state index contributed by atoms with van der Waals surface area (Å²) >= 11 is 3.24. The monoisotopic (exact) mass is 391 g/mol. The first-order chi connectivity index (χ1) is 10.4. The molecule has 0 aromatic heterocycles. The van der Waals surface area contributed by atoms with Crippen LogP contribution in [-0.4, -0.2) is 50.1 Å². The Balaban J connectivity index is 1.94. The molecule has 3 rings (SSSR count). The zero-order valence-corrected chi connectivity index (χ0v) is 13.9. The van der Waals surface area contributed by atoms with E-state index in [2.05, 4.69) is 15.9 Å². The van der Waals surface area contributed by atoms with Crippen LogP contribution in [0.3, 0.4) is 0 Å². The van der Waals surface area contributed by atoms with Crippen molar-refractivity contribution in [1.82, 2.24) is 4.31 Å². The fourth-order valence-electron chi connectivity index (χ4n) is 2.53. The third kappa shape index (κ3) is 2.68. The van der Waals surface area contributed by atoms with Crippen molar-refractivity contribution in [2.24, 2.45) is 5.92 Å². The molecule has 1 atom stereocenters. The average molecular weight is 392 g/mol. The SMILES string of the molecule is O=C(O)C1CCN(S(=O)(=O)c2cc3c(cc2Br)OCCO3)C1.